The Bertz CT molecular complexity index is 670. The second-order valence-corrected chi connectivity index (χ2v) is 8.03. The lowest BCUT2D eigenvalue weighted by Crippen LogP contribution is -2.13. The highest BCUT2D eigenvalue weighted by atomic mass is 79.9. The molecular formula is C8H4BrCl2N3O2S2. The summed E-state index contributed by atoms with van der Waals surface area (Å²) in [7, 11) is -3.77. The minimum Gasteiger partial charge on any atom is -0.260 e. The molecule has 0 saturated heterocycles. The second-order valence-electron chi connectivity index (χ2n) is 2.99. The summed E-state index contributed by atoms with van der Waals surface area (Å²) in [5, 5.41) is 0.299. The van der Waals surface area contributed by atoms with E-state index in [9.17, 15) is 8.42 Å². The van der Waals surface area contributed by atoms with Crippen LogP contribution in [0.3, 0.4) is 0 Å². The third kappa shape index (κ3) is 2.94. The van der Waals surface area contributed by atoms with Gasteiger partial charge in [0.05, 0.1) is 8.81 Å². The van der Waals surface area contributed by atoms with Crippen molar-refractivity contribution in [2.45, 2.75) is 4.21 Å². The standard InChI is InChI=1S/C8H4BrCl2N3O2S2/c9-6-4(10)3-5(17-6)18(15,16)14-8-7(11)12-1-2-13-8/h1-3H,(H,13,14). The van der Waals surface area contributed by atoms with Gasteiger partial charge in [-0.3, -0.25) is 4.72 Å². The average molecular weight is 389 g/mol. The first-order chi connectivity index (χ1) is 8.40. The SMILES string of the molecule is O=S(=O)(Nc1nccnc1Cl)c1cc(Cl)c(Br)s1. The second kappa shape index (κ2) is 5.30. The van der Waals surface area contributed by atoms with Gasteiger partial charge >= 0.3 is 0 Å². The molecule has 0 amide bonds. The summed E-state index contributed by atoms with van der Waals surface area (Å²) < 4.78 is 26.9. The lowest BCUT2D eigenvalue weighted by molar-refractivity contribution is 0.603. The molecule has 2 aromatic rings. The molecule has 2 rings (SSSR count). The zero-order chi connectivity index (χ0) is 13.3. The molecule has 5 nitrogen and oxygen atoms in total. The van der Waals surface area contributed by atoms with Crippen LogP contribution in [0.25, 0.3) is 0 Å². The predicted molar refractivity (Wildman–Crippen MR) is 74.9 cm³/mol. The Labute approximate surface area is 125 Å². The summed E-state index contributed by atoms with van der Waals surface area (Å²) in [4.78, 5) is 7.52. The van der Waals surface area contributed by atoms with Crippen molar-refractivity contribution in [1.29, 1.82) is 0 Å². The van der Waals surface area contributed by atoms with Crippen molar-refractivity contribution in [3.8, 4) is 0 Å². The summed E-state index contributed by atoms with van der Waals surface area (Å²) in [5.41, 5.74) is 0. The number of nitrogens with zero attached hydrogens (tertiary/aromatic N) is 2. The van der Waals surface area contributed by atoms with E-state index in [1.54, 1.807) is 0 Å². The largest absolute Gasteiger partial charge is 0.272 e. The molecule has 0 radical (unpaired) electrons. The Morgan fingerprint density at radius 3 is 2.50 bits per heavy atom. The highest BCUT2D eigenvalue weighted by molar-refractivity contribution is 9.11. The normalized spacial score (nSPS) is 11.5. The van der Waals surface area contributed by atoms with E-state index in [1.807, 2.05) is 0 Å². The third-order valence-electron chi connectivity index (χ3n) is 1.77. The van der Waals surface area contributed by atoms with Crippen LogP contribution in [0.5, 0.6) is 0 Å². The molecule has 0 spiro atoms. The number of sulfonamides is 1. The van der Waals surface area contributed by atoms with Gasteiger partial charge in [-0.05, 0) is 22.0 Å². The highest BCUT2D eigenvalue weighted by Gasteiger charge is 2.20. The number of anilines is 1. The van der Waals surface area contributed by atoms with Gasteiger partial charge in [-0.15, -0.1) is 11.3 Å². The number of hydrogen-bond acceptors (Lipinski definition) is 5. The van der Waals surface area contributed by atoms with E-state index >= 15 is 0 Å². The summed E-state index contributed by atoms with van der Waals surface area (Å²) in [6.07, 6.45) is 2.69. The van der Waals surface area contributed by atoms with Gasteiger partial charge in [0, 0.05) is 12.4 Å². The fourth-order valence-corrected chi connectivity index (χ4v) is 4.65. The molecule has 1 N–H and O–H groups in total. The fourth-order valence-electron chi connectivity index (χ4n) is 1.03. The first kappa shape index (κ1) is 14.0. The van der Waals surface area contributed by atoms with Crippen molar-refractivity contribution in [3.63, 3.8) is 0 Å². The maximum Gasteiger partial charge on any atom is 0.272 e. The first-order valence-corrected chi connectivity index (χ1v) is 8.19. The topological polar surface area (TPSA) is 72.0 Å². The smallest absolute Gasteiger partial charge is 0.260 e. The van der Waals surface area contributed by atoms with E-state index in [1.165, 1.54) is 18.5 Å². The van der Waals surface area contributed by atoms with Crippen LogP contribution in [-0.4, -0.2) is 18.4 Å². The van der Waals surface area contributed by atoms with Crippen LogP contribution >= 0.6 is 50.5 Å². The molecule has 2 heterocycles. The van der Waals surface area contributed by atoms with E-state index in [-0.39, 0.29) is 15.2 Å². The van der Waals surface area contributed by atoms with Crippen molar-refractivity contribution < 1.29 is 8.42 Å². The minimum absolute atomic E-state index is 0.0252. The zero-order valence-corrected chi connectivity index (χ0v) is 13.1. The molecule has 18 heavy (non-hydrogen) atoms. The monoisotopic (exact) mass is 387 g/mol. The van der Waals surface area contributed by atoms with Crippen LogP contribution in [0.4, 0.5) is 5.82 Å². The van der Waals surface area contributed by atoms with Crippen molar-refractivity contribution in [1.82, 2.24) is 9.97 Å². The van der Waals surface area contributed by atoms with E-state index in [4.69, 9.17) is 23.2 Å². The van der Waals surface area contributed by atoms with Crippen molar-refractivity contribution in [3.05, 3.63) is 32.4 Å². The molecule has 0 fully saturated rings. The van der Waals surface area contributed by atoms with Gasteiger partial charge in [-0.2, -0.15) is 0 Å². The highest BCUT2D eigenvalue weighted by Crippen LogP contribution is 2.35. The van der Waals surface area contributed by atoms with E-state index in [0.717, 1.165) is 11.3 Å². The minimum atomic E-state index is -3.77. The number of hydrogen-bond donors (Lipinski definition) is 1. The maximum absolute atomic E-state index is 12.0. The molecule has 0 aliphatic heterocycles. The molecule has 0 saturated carbocycles. The van der Waals surface area contributed by atoms with Crippen LogP contribution in [0.15, 0.2) is 26.5 Å². The van der Waals surface area contributed by atoms with Crippen molar-refractivity contribution in [2.24, 2.45) is 0 Å². The lowest BCUT2D eigenvalue weighted by Gasteiger charge is -2.05. The Morgan fingerprint density at radius 1 is 1.28 bits per heavy atom. The lowest BCUT2D eigenvalue weighted by atomic mass is 10.7. The number of nitrogens with one attached hydrogen (secondary N) is 1. The van der Waals surface area contributed by atoms with E-state index < -0.39 is 10.0 Å². The Kier molecular flexibility index (Phi) is 4.12. The van der Waals surface area contributed by atoms with Gasteiger partial charge in [-0.25, -0.2) is 18.4 Å². The molecule has 96 valence electrons. The molecule has 0 aliphatic rings. The summed E-state index contributed by atoms with van der Waals surface area (Å²) >= 11 is 15.6. The van der Waals surface area contributed by atoms with E-state index in [2.05, 4.69) is 30.6 Å². The molecular weight excluding hydrogens is 385 g/mol. The molecule has 0 atom stereocenters. The van der Waals surface area contributed by atoms with Gasteiger partial charge in [0.25, 0.3) is 10.0 Å². The third-order valence-corrected chi connectivity index (χ3v) is 6.34. The zero-order valence-electron chi connectivity index (χ0n) is 8.39. The molecule has 0 bridgehead atoms. The van der Waals surface area contributed by atoms with Gasteiger partial charge in [0.1, 0.15) is 4.21 Å². The number of rotatable bonds is 3. The van der Waals surface area contributed by atoms with Crippen LogP contribution in [-0.2, 0) is 10.0 Å². The van der Waals surface area contributed by atoms with Gasteiger partial charge in [0.2, 0.25) is 0 Å². The number of aromatic nitrogens is 2. The Morgan fingerprint density at radius 2 is 1.94 bits per heavy atom. The number of halogens is 3. The molecule has 0 aromatic carbocycles. The van der Waals surface area contributed by atoms with Crippen LogP contribution in [0.2, 0.25) is 10.2 Å². The van der Waals surface area contributed by atoms with Gasteiger partial charge in [0.15, 0.2) is 11.0 Å². The summed E-state index contributed by atoms with van der Waals surface area (Å²) in [6, 6.07) is 1.34. The quantitative estimate of drug-likeness (QED) is 0.874. The van der Waals surface area contributed by atoms with Crippen molar-refractivity contribution >= 4 is 66.3 Å². The van der Waals surface area contributed by atoms with Crippen LogP contribution in [0.1, 0.15) is 0 Å². The predicted octanol–water partition coefficient (Wildman–Crippen LogP) is 3.41. The fraction of sp³-hybridized carbons (Fsp3) is 0. The Balaban J connectivity index is 2.36. The van der Waals surface area contributed by atoms with Gasteiger partial charge < -0.3 is 0 Å². The molecule has 10 heteroatoms. The van der Waals surface area contributed by atoms with Crippen LogP contribution in [0, 0.1) is 0 Å². The first-order valence-electron chi connectivity index (χ1n) is 4.34. The maximum atomic E-state index is 12.0. The molecule has 0 unspecified atom stereocenters. The summed E-state index contributed by atoms with van der Waals surface area (Å²) in [5.74, 6) is -0.0280. The summed E-state index contributed by atoms with van der Waals surface area (Å²) in [6.45, 7) is 0. The average Bonchev–Trinajstić information content (AvgIpc) is 2.63. The van der Waals surface area contributed by atoms with E-state index in [0.29, 0.717) is 8.81 Å². The molecule has 0 aliphatic carbocycles. The van der Waals surface area contributed by atoms with Gasteiger partial charge in [-0.1, -0.05) is 23.2 Å². The number of thiophene rings is 1. The Hall–Kier alpha value is -0.410. The van der Waals surface area contributed by atoms with Crippen molar-refractivity contribution in [2.75, 3.05) is 4.72 Å². The molecule has 2 aromatic heterocycles. The van der Waals surface area contributed by atoms with Crippen LogP contribution < -0.4 is 4.72 Å².